The lowest BCUT2D eigenvalue weighted by Gasteiger charge is -2.27. The number of benzene rings is 3. The summed E-state index contributed by atoms with van der Waals surface area (Å²) in [6, 6.07) is 18.8. The van der Waals surface area contributed by atoms with Gasteiger partial charge in [-0.2, -0.15) is 0 Å². The number of rotatable bonds is 6. The van der Waals surface area contributed by atoms with Gasteiger partial charge in [-0.25, -0.2) is 0 Å². The van der Waals surface area contributed by atoms with Gasteiger partial charge in [0.15, 0.2) is 11.5 Å². The number of carbonyl (C=O) groups is 2. The summed E-state index contributed by atoms with van der Waals surface area (Å²) in [5, 5.41) is 11.4. The molecule has 1 fully saturated rings. The van der Waals surface area contributed by atoms with Crippen molar-refractivity contribution in [1.82, 2.24) is 0 Å². The number of ketones is 1. The largest absolute Gasteiger partial charge is 0.507 e. The summed E-state index contributed by atoms with van der Waals surface area (Å²) in [6.07, 6.45) is 0. The molecule has 37 heavy (non-hydrogen) atoms. The van der Waals surface area contributed by atoms with Crippen LogP contribution < -0.4 is 19.1 Å². The third-order valence-electron chi connectivity index (χ3n) is 6.44. The summed E-state index contributed by atoms with van der Waals surface area (Å²) < 4.78 is 17.0. The molecule has 0 saturated carbocycles. The number of carbonyl (C=O) groups excluding carboxylic acids is 2. The second-order valence-electron chi connectivity index (χ2n) is 9.58. The van der Waals surface area contributed by atoms with Crippen LogP contribution in [0.5, 0.6) is 17.2 Å². The summed E-state index contributed by atoms with van der Waals surface area (Å²) in [7, 11) is 0. The maximum Gasteiger partial charge on any atom is 0.300 e. The van der Waals surface area contributed by atoms with E-state index in [2.05, 4.69) is 13.8 Å². The number of nitrogens with zero attached hydrogens (tertiary/aromatic N) is 1. The number of Topliss-reactive ketones (excluding diaryl/α,β-unsaturated/α-hetero) is 1. The van der Waals surface area contributed by atoms with Crippen molar-refractivity contribution in [3.8, 4) is 17.2 Å². The van der Waals surface area contributed by atoms with Gasteiger partial charge in [0.2, 0.25) is 0 Å². The van der Waals surface area contributed by atoms with Crippen molar-refractivity contribution in [1.29, 1.82) is 0 Å². The van der Waals surface area contributed by atoms with E-state index in [4.69, 9.17) is 14.2 Å². The van der Waals surface area contributed by atoms with Crippen molar-refractivity contribution in [3.05, 3.63) is 89.0 Å². The second kappa shape index (κ2) is 10.0. The van der Waals surface area contributed by atoms with Crippen LogP contribution in [0.4, 0.5) is 5.69 Å². The van der Waals surface area contributed by atoms with Crippen molar-refractivity contribution < 1.29 is 28.9 Å². The summed E-state index contributed by atoms with van der Waals surface area (Å²) in [5.74, 6) is 0.385. The molecule has 3 aromatic rings. The highest BCUT2D eigenvalue weighted by molar-refractivity contribution is 6.51. The first kappa shape index (κ1) is 24.4. The third-order valence-corrected chi connectivity index (χ3v) is 6.44. The molecule has 3 aromatic carbocycles. The second-order valence-corrected chi connectivity index (χ2v) is 9.58. The van der Waals surface area contributed by atoms with E-state index in [-0.39, 0.29) is 11.3 Å². The summed E-state index contributed by atoms with van der Waals surface area (Å²) in [6.45, 7) is 7.46. The molecule has 1 N–H and O–H groups in total. The van der Waals surface area contributed by atoms with Crippen LogP contribution in [-0.2, 0) is 9.59 Å². The Morgan fingerprint density at radius 3 is 2.41 bits per heavy atom. The van der Waals surface area contributed by atoms with Crippen LogP contribution in [0.15, 0.2) is 72.3 Å². The fourth-order valence-electron chi connectivity index (χ4n) is 4.60. The van der Waals surface area contributed by atoms with Crippen LogP contribution in [0, 0.1) is 12.8 Å². The van der Waals surface area contributed by atoms with E-state index in [0.717, 1.165) is 11.1 Å². The molecule has 0 radical (unpaired) electrons. The zero-order valence-corrected chi connectivity index (χ0v) is 21.1. The van der Waals surface area contributed by atoms with Gasteiger partial charge in [-0.1, -0.05) is 38.1 Å². The molecule has 7 nitrogen and oxygen atoms in total. The van der Waals surface area contributed by atoms with Crippen LogP contribution in [-0.4, -0.2) is 36.6 Å². The number of ether oxygens (including phenoxy) is 3. The maximum atomic E-state index is 13.4. The number of aryl methyl sites for hydroxylation is 1. The van der Waals surface area contributed by atoms with Crippen molar-refractivity contribution >= 4 is 23.1 Å². The number of hydrogen-bond acceptors (Lipinski definition) is 6. The fourth-order valence-corrected chi connectivity index (χ4v) is 4.60. The van der Waals surface area contributed by atoms with Crippen molar-refractivity contribution in [2.75, 3.05) is 24.7 Å². The van der Waals surface area contributed by atoms with Gasteiger partial charge >= 0.3 is 0 Å². The first-order valence-electron chi connectivity index (χ1n) is 12.3. The molecule has 2 heterocycles. The Labute approximate surface area is 215 Å². The third kappa shape index (κ3) is 4.65. The number of fused-ring (bicyclic) bond motifs is 1. The lowest BCUT2D eigenvalue weighted by molar-refractivity contribution is -0.132. The highest BCUT2D eigenvalue weighted by Gasteiger charge is 2.47. The lowest BCUT2D eigenvalue weighted by atomic mass is 9.92. The minimum absolute atomic E-state index is 0.0242. The van der Waals surface area contributed by atoms with Gasteiger partial charge in [-0.3, -0.25) is 14.5 Å². The standard InChI is InChI=1S/C30H29NO6/c1-18(2)17-37-22-11-9-21(10-12-22)31-27(23-7-5-4-6-19(23)3)26(29(33)30(31)34)28(32)20-8-13-24-25(16-20)36-15-14-35-24/h4-13,16,18,27,32H,14-15,17H2,1-3H3/b28-26+. The predicted molar refractivity (Wildman–Crippen MR) is 140 cm³/mol. The Balaban J connectivity index is 1.61. The molecule has 0 bridgehead atoms. The average Bonchev–Trinajstić information content (AvgIpc) is 3.17. The van der Waals surface area contributed by atoms with Gasteiger partial charge in [0, 0.05) is 11.3 Å². The van der Waals surface area contributed by atoms with Crippen molar-refractivity contribution in [3.63, 3.8) is 0 Å². The first-order chi connectivity index (χ1) is 17.8. The Kier molecular flexibility index (Phi) is 6.61. The molecule has 2 aliphatic heterocycles. The maximum absolute atomic E-state index is 13.4. The van der Waals surface area contributed by atoms with E-state index >= 15 is 0 Å². The van der Waals surface area contributed by atoms with Crippen molar-refractivity contribution in [2.45, 2.75) is 26.8 Å². The summed E-state index contributed by atoms with van der Waals surface area (Å²) in [5.41, 5.74) is 2.58. The molecule has 1 atom stereocenters. The average molecular weight is 500 g/mol. The van der Waals surface area contributed by atoms with E-state index in [1.165, 1.54) is 4.90 Å². The lowest BCUT2D eigenvalue weighted by Crippen LogP contribution is -2.29. The van der Waals surface area contributed by atoms with Crippen LogP contribution in [0.3, 0.4) is 0 Å². The van der Waals surface area contributed by atoms with Gasteiger partial charge in [0.05, 0.1) is 18.2 Å². The molecule has 190 valence electrons. The van der Waals surface area contributed by atoms with Gasteiger partial charge in [-0.15, -0.1) is 0 Å². The number of anilines is 1. The topological polar surface area (TPSA) is 85.3 Å². The highest BCUT2D eigenvalue weighted by Crippen LogP contribution is 2.44. The molecule has 1 saturated heterocycles. The SMILES string of the molecule is Cc1ccccc1C1/C(=C(\O)c2ccc3c(c2)OCCO3)C(=O)C(=O)N1c1ccc(OCC(C)C)cc1. The molecule has 0 aromatic heterocycles. The van der Waals surface area contributed by atoms with Gasteiger partial charge in [0.1, 0.15) is 24.7 Å². The number of amides is 1. The zero-order valence-electron chi connectivity index (χ0n) is 21.1. The summed E-state index contributed by atoms with van der Waals surface area (Å²) in [4.78, 5) is 28.3. The molecular formula is C30H29NO6. The summed E-state index contributed by atoms with van der Waals surface area (Å²) >= 11 is 0. The number of aliphatic hydroxyl groups excluding tert-OH is 1. The smallest absolute Gasteiger partial charge is 0.300 e. The Morgan fingerprint density at radius 1 is 1.00 bits per heavy atom. The number of hydrogen-bond donors (Lipinski definition) is 1. The van der Waals surface area contributed by atoms with Crippen LogP contribution in [0.25, 0.3) is 5.76 Å². The first-order valence-corrected chi connectivity index (χ1v) is 12.3. The van der Waals surface area contributed by atoms with Crippen LogP contribution in [0.1, 0.15) is 36.6 Å². The minimum atomic E-state index is -0.808. The van der Waals surface area contributed by atoms with Crippen LogP contribution >= 0.6 is 0 Å². The van der Waals surface area contributed by atoms with Crippen LogP contribution in [0.2, 0.25) is 0 Å². The molecule has 7 heteroatoms. The molecule has 2 aliphatic rings. The Hall–Kier alpha value is -4.26. The molecule has 1 unspecified atom stereocenters. The van der Waals surface area contributed by atoms with E-state index in [1.807, 2.05) is 31.2 Å². The van der Waals surface area contributed by atoms with Crippen molar-refractivity contribution in [2.24, 2.45) is 5.92 Å². The molecule has 1 amide bonds. The van der Waals surface area contributed by atoms with E-state index in [0.29, 0.717) is 54.2 Å². The Bertz CT molecular complexity index is 1380. The normalized spacial score (nSPS) is 18.4. The zero-order chi connectivity index (χ0) is 26.1. The molecule has 0 aliphatic carbocycles. The quantitative estimate of drug-likeness (QED) is 0.277. The monoisotopic (exact) mass is 499 g/mol. The number of aliphatic hydroxyl groups is 1. The fraction of sp³-hybridized carbons (Fsp3) is 0.267. The molecule has 0 spiro atoms. The molecular weight excluding hydrogens is 470 g/mol. The van der Waals surface area contributed by atoms with E-state index in [9.17, 15) is 14.7 Å². The highest BCUT2D eigenvalue weighted by atomic mass is 16.6. The van der Waals surface area contributed by atoms with Gasteiger partial charge in [-0.05, 0) is 66.4 Å². The van der Waals surface area contributed by atoms with E-state index < -0.39 is 17.7 Å². The van der Waals surface area contributed by atoms with Gasteiger partial charge in [0.25, 0.3) is 11.7 Å². The Morgan fingerprint density at radius 2 is 1.70 bits per heavy atom. The predicted octanol–water partition coefficient (Wildman–Crippen LogP) is 5.43. The molecule has 5 rings (SSSR count). The minimum Gasteiger partial charge on any atom is -0.507 e. The van der Waals surface area contributed by atoms with E-state index in [1.54, 1.807) is 42.5 Å². The van der Waals surface area contributed by atoms with Gasteiger partial charge < -0.3 is 19.3 Å².